The average molecular weight is 371 g/mol. The molecule has 138 valence electrons. The van der Waals surface area contributed by atoms with E-state index in [1.54, 1.807) is 12.1 Å². The fourth-order valence-electron chi connectivity index (χ4n) is 2.61. The molecule has 4 aromatic rings. The number of tetrazole rings is 1. The zero-order valence-corrected chi connectivity index (χ0v) is 14.9. The number of para-hydroxylation sites is 3. The van der Waals surface area contributed by atoms with Crippen molar-refractivity contribution in [2.45, 2.75) is 6.54 Å². The van der Waals surface area contributed by atoms with Crippen LogP contribution in [0, 0.1) is 0 Å². The number of rotatable bonds is 6. The summed E-state index contributed by atoms with van der Waals surface area (Å²) in [6.07, 6.45) is 0. The van der Waals surface area contributed by atoms with Crippen LogP contribution in [0.4, 0.5) is 5.69 Å². The predicted octanol–water partition coefficient (Wildman–Crippen LogP) is 3.77. The molecule has 7 nitrogen and oxygen atoms in total. The van der Waals surface area contributed by atoms with Gasteiger partial charge in [0.15, 0.2) is 5.75 Å². The van der Waals surface area contributed by atoms with Crippen molar-refractivity contribution in [2.24, 2.45) is 0 Å². The van der Waals surface area contributed by atoms with Crippen molar-refractivity contribution in [3.8, 4) is 22.9 Å². The Bertz CT molecular complexity index is 1060. The van der Waals surface area contributed by atoms with Crippen LogP contribution in [-0.2, 0) is 11.3 Å². The van der Waals surface area contributed by atoms with Crippen LogP contribution in [0.15, 0.2) is 84.9 Å². The summed E-state index contributed by atoms with van der Waals surface area (Å²) in [6, 6.07) is 26.1. The second-order valence-corrected chi connectivity index (χ2v) is 5.97. The minimum Gasteiger partial charge on any atom is -0.455 e. The molecule has 0 aliphatic carbocycles. The van der Waals surface area contributed by atoms with Gasteiger partial charge in [0, 0.05) is 5.56 Å². The molecule has 0 unspecified atom stereocenters. The normalized spacial score (nSPS) is 10.4. The maximum atomic E-state index is 12.4. The van der Waals surface area contributed by atoms with Gasteiger partial charge in [-0.05, 0) is 29.5 Å². The number of anilines is 1. The van der Waals surface area contributed by atoms with E-state index in [1.165, 1.54) is 4.80 Å². The second-order valence-electron chi connectivity index (χ2n) is 5.97. The Morgan fingerprint density at radius 1 is 0.893 bits per heavy atom. The Kier molecular flexibility index (Phi) is 5.06. The van der Waals surface area contributed by atoms with Crippen molar-refractivity contribution in [3.05, 3.63) is 84.9 Å². The first kappa shape index (κ1) is 17.4. The van der Waals surface area contributed by atoms with Crippen LogP contribution in [0.3, 0.4) is 0 Å². The largest absolute Gasteiger partial charge is 0.455 e. The van der Waals surface area contributed by atoms with E-state index in [4.69, 9.17) is 4.74 Å². The number of aromatic nitrogens is 4. The van der Waals surface area contributed by atoms with Crippen LogP contribution in [0.25, 0.3) is 11.4 Å². The summed E-state index contributed by atoms with van der Waals surface area (Å²) in [5, 5.41) is 15.0. The number of ether oxygens (including phenoxy) is 1. The average Bonchev–Trinajstić information content (AvgIpc) is 3.19. The number of nitrogens with one attached hydrogen (secondary N) is 1. The highest BCUT2D eigenvalue weighted by molar-refractivity contribution is 5.92. The third-order valence-electron chi connectivity index (χ3n) is 3.90. The van der Waals surface area contributed by atoms with E-state index < -0.39 is 0 Å². The van der Waals surface area contributed by atoms with Crippen molar-refractivity contribution < 1.29 is 9.53 Å². The molecule has 0 atom stereocenters. The third kappa shape index (κ3) is 4.21. The molecule has 0 spiro atoms. The zero-order valence-electron chi connectivity index (χ0n) is 14.9. The Morgan fingerprint density at radius 3 is 2.36 bits per heavy atom. The molecule has 1 amide bonds. The van der Waals surface area contributed by atoms with Gasteiger partial charge in [-0.1, -0.05) is 60.7 Å². The van der Waals surface area contributed by atoms with E-state index in [9.17, 15) is 4.79 Å². The molecule has 0 aliphatic rings. The number of benzene rings is 3. The molecular weight excluding hydrogens is 354 g/mol. The van der Waals surface area contributed by atoms with Crippen LogP contribution in [-0.4, -0.2) is 26.1 Å². The summed E-state index contributed by atoms with van der Waals surface area (Å²) in [5.41, 5.74) is 1.41. The van der Waals surface area contributed by atoms with Gasteiger partial charge in [0.05, 0.1) is 5.69 Å². The molecule has 0 saturated heterocycles. The van der Waals surface area contributed by atoms with Crippen LogP contribution in [0.1, 0.15) is 0 Å². The van der Waals surface area contributed by atoms with Gasteiger partial charge >= 0.3 is 0 Å². The van der Waals surface area contributed by atoms with Gasteiger partial charge in [-0.2, -0.15) is 4.80 Å². The van der Waals surface area contributed by atoms with Gasteiger partial charge in [-0.3, -0.25) is 4.79 Å². The monoisotopic (exact) mass is 371 g/mol. The first-order chi connectivity index (χ1) is 13.8. The lowest BCUT2D eigenvalue weighted by Gasteiger charge is -2.11. The lowest BCUT2D eigenvalue weighted by atomic mass is 10.2. The smallest absolute Gasteiger partial charge is 0.248 e. The third-order valence-corrected chi connectivity index (χ3v) is 3.90. The van der Waals surface area contributed by atoms with Crippen LogP contribution in [0.2, 0.25) is 0 Å². The highest BCUT2D eigenvalue weighted by Crippen LogP contribution is 2.29. The van der Waals surface area contributed by atoms with Crippen LogP contribution in [0.5, 0.6) is 11.5 Å². The van der Waals surface area contributed by atoms with Crippen LogP contribution < -0.4 is 10.1 Å². The molecule has 0 saturated carbocycles. The highest BCUT2D eigenvalue weighted by atomic mass is 16.5. The minimum absolute atomic E-state index is 0.0560. The van der Waals surface area contributed by atoms with Crippen molar-refractivity contribution in [1.29, 1.82) is 0 Å². The predicted molar refractivity (Wildman–Crippen MR) is 105 cm³/mol. The maximum Gasteiger partial charge on any atom is 0.248 e. The summed E-state index contributed by atoms with van der Waals surface area (Å²) in [4.78, 5) is 13.7. The lowest BCUT2D eigenvalue weighted by Crippen LogP contribution is -2.20. The van der Waals surface area contributed by atoms with Crippen molar-refractivity contribution in [2.75, 3.05) is 5.32 Å². The van der Waals surface area contributed by atoms with E-state index in [0.717, 1.165) is 5.56 Å². The van der Waals surface area contributed by atoms with E-state index in [1.807, 2.05) is 72.8 Å². The Hall–Kier alpha value is -4.00. The Balaban J connectivity index is 1.44. The van der Waals surface area contributed by atoms with Crippen molar-refractivity contribution in [3.63, 3.8) is 0 Å². The quantitative estimate of drug-likeness (QED) is 0.558. The molecule has 0 fully saturated rings. The fraction of sp³-hybridized carbons (Fsp3) is 0.0476. The molecule has 4 rings (SSSR count). The zero-order chi connectivity index (χ0) is 19.2. The standard InChI is InChI=1S/C21H17N5O2/c27-20(15-26-24-21(23-25-26)16-9-3-1-4-10-16)22-18-13-7-8-14-19(18)28-17-11-5-2-6-12-17/h1-14H,15H2,(H,22,27). The maximum absolute atomic E-state index is 12.4. The van der Waals surface area contributed by atoms with E-state index in [2.05, 4.69) is 20.7 Å². The molecule has 7 heteroatoms. The summed E-state index contributed by atoms with van der Waals surface area (Å²) in [5.74, 6) is 1.44. The van der Waals surface area contributed by atoms with Crippen molar-refractivity contribution >= 4 is 11.6 Å². The number of hydrogen-bond donors (Lipinski definition) is 1. The topological polar surface area (TPSA) is 81.9 Å². The molecule has 1 heterocycles. The van der Waals surface area contributed by atoms with Gasteiger partial charge in [0.2, 0.25) is 11.7 Å². The van der Waals surface area contributed by atoms with Crippen molar-refractivity contribution in [1.82, 2.24) is 20.2 Å². The Morgan fingerprint density at radius 2 is 1.57 bits per heavy atom. The lowest BCUT2D eigenvalue weighted by molar-refractivity contribution is -0.117. The SMILES string of the molecule is O=C(Cn1nnc(-c2ccccc2)n1)Nc1ccccc1Oc1ccccc1. The molecule has 1 N–H and O–H groups in total. The Labute approximate surface area is 161 Å². The number of carbonyl (C=O) groups excluding carboxylic acids is 1. The molecule has 0 aliphatic heterocycles. The van der Waals surface area contributed by atoms with Gasteiger partial charge in [-0.25, -0.2) is 0 Å². The highest BCUT2D eigenvalue weighted by Gasteiger charge is 2.12. The van der Waals surface area contributed by atoms with Gasteiger partial charge in [0.1, 0.15) is 12.3 Å². The number of hydrogen-bond acceptors (Lipinski definition) is 5. The second kappa shape index (κ2) is 8.13. The number of carbonyl (C=O) groups is 1. The minimum atomic E-state index is -0.277. The molecule has 1 aromatic heterocycles. The van der Waals surface area contributed by atoms with Gasteiger partial charge < -0.3 is 10.1 Å². The first-order valence-corrected chi connectivity index (χ1v) is 8.73. The molecule has 0 bridgehead atoms. The van der Waals surface area contributed by atoms with E-state index in [-0.39, 0.29) is 12.5 Å². The summed E-state index contributed by atoms with van der Waals surface area (Å²) in [6.45, 7) is -0.0560. The summed E-state index contributed by atoms with van der Waals surface area (Å²) >= 11 is 0. The van der Waals surface area contributed by atoms with Crippen LogP contribution >= 0.6 is 0 Å². The summed E-state index contributed by atoms with van der Waals surface area (Å²) < 4.78 is 5.86. The molecule has 3 aromatic carbocycles. The molecule has 28 heavy (non-hydrogen) atoms. The van der Waals surface area contributed by atoms with Gasteiger partial charge in [-0.15, -0.1) is 10.2 Å². The summed E-state index contributed by atoms with van der Waals surface area (Å²) in [7, 11) is 0. The van der Waals surface area contributed by atoms with Gasteiger partial charge in [0.25, 0.3) is 0 Å². The molecular formula is C21H17N5O2. The number of nitrogens with zero attached hydrogens (tertiary/aromatic N) is 4. The first-order valence-electron chi connectivity index (χ1n) is 8.73. The fourth-order valence-corrected chi connectivity index (χ4v) is 2.61. The molecule has 0 radical (unpaired) electrons. The van der Waals surface area contributed by atoms with E-state index in [0.29, 0.717) is 23.0 Å². The number of amides is 1. The van der Waals surface area contributed by atoms with E-state index >= 15 is 0 Å².